The fourth-order valence-corrected chi connectivity index (χ4v) is 4.92. The van der Waals surface area contributed by atoms with E-state index in [2.05, 4.69) is 10.9 Å². The van der Waals surface area contributed by atoms with Gasteiger partial charge in [0.25, 0.3) is 11.8 Å². The zero-order valence-electron chi connectivity index (χ0n) is 17.2. The number of nitrogens with one attached hydrogen (secondary N) is 2. The van der Waals surface area contributed by atoms with Crippen molar-refractivity contribution >= 4 is 21.8 Å². The van der Waals surface area contributed by atoms with Crippen LogP contribution in [0, 0.1) is 5.82 Å². The van der Waals surface area contributed by atoms with Crippen molar-refractivity contribution in [3.63, 3.8) is 0 Å². The molecule has 31 heavy (non-hydrogen) atoms. The molecule has 1 saturated heterocycles. The molecule has 2 aromatic carbocycles. The number of rotatable bonds is 6. The topological polar surface area (TPSA) is 105 Å². The van der Waals surface area contributed by atoms with E-state index in [1.807, 2.05) is 13.8 Å². The highest BCUT2D eigenvalue weighted by atomic mass is 32.2. The van der Waals surface area contributed by atoms with Gasteiger partial charge in [0.1, 0.15) is 17.6 Å². The van der Waals surface area contributed by atoms with Gasteiger partial charge in [-0.2, -0.15) is 4.31 Å². The summed E-state index contributed by atoms with van der Waals surface area (Å²) in [6.45, 7) is 3.93. The van der Waals surface area contributed by atoms with Crippen molar-refractivity contribution in [3.05, 3.63) is 59.9 Å². The molecule has 0 bridgehead atoms. The highest BCUT2D eigenvalue weighted by molar-refractivity contribution is 7.89. The first kappa shape index (κ1) is 22.7. The maximum absolute atomic E-state index is 13.1. The van der Waals surface area contributed by atoms with Crippen LogP contribution in [0.15, 0.2) is 53.4 Å². The molecule has 3 rings (SSSR count). The predicted octanol–water partition coefficient (Wildman–Crippen LogP) is 2.23. The van der Waals surface area contributed by atoms with Gasteiger partial charge in [0, 0.05) is 12.1 Å². The summed E-state index contributed by atoms with van der Waals surface area (Å²) in [4.78, 5) is 24.8. The Morgan fingerprint density at radius 2 is 1.71 bits per heavy atom. The number of hydrogen-bond donors (Lipinski definition) is 2. The molecule has 0 radical (unpaired) electrons. The number of nitrogens with zero attached hydrogens (tertiary/aromatic N) is 1. The van der Waals surface area contributed by atoms with E-state index < -0.39 is 33.7 Å². The van der Waals surface area contributed by atoms with Crippen LogP contribution >= 0.6 is 0 Å². The Labute approximate surface area is 180 Å². The lowest BCUT2D eigenvalue weighted by atomic mass is 10.2. The molecule has 1 atom stereocenters. The molecule has 1 heterocycles. The molecule has 2 N–H and O–H groups in total. The molecule has 8 nitrogen and oxygen atoms in total. The lowest BCUT2D eigenvalue weighted by Gasteiger charge is -2.23. The summed E-state index contributed by atoms with van der Waals surface area (Å²) in [7, 11) is -3.98. The maximum atomic E-state index is 13.1. The van der Waals surface area contributed by atoms with Crippen molar-refractivity contribution < 1.29 is 27.1 Å². The molecular formula is C21H24FN3O5S. The van der Waals surface area contributed by atoms with Gasteiger partial charge in [-0.05, 0) is 75.2 Å². The zero-order valence-corrected chi connectivity index (χ0v) is 18.0. The SMILES string of the molecule is CC(C)Oc1ccc(C(=O)NNC(=O)C2CCCN2S(=O)(=O)c2ccc(F)cc2)cc1. The quantitative estimate of drug-likeness (QED) is 0.658. The number of hydrogen-bond acceptors (Lipinski definition) is 5. The molecule has 1 aliphatic heterocycles. The summed E-state index contributed by atoms with van der Waals surface area (Å²) in [5.74, 6) is -1.13. The van der Waals surface area contributed by atoms with Crippen LogP contribution in [0.3, 0.4) is 0 Å². The average Bonchev–Trinajstić information content (AvgIpc) is 3.23. The van der Waals surface area contributed by atoms with Gasteiger partial charge >= 0.3 is 0 Å². The van der Waals surface area contributed by atoms with Gasteiger partial charge in [0.15, 0.2) is 0 Å². The molecule has 0 saturated carbocycles. The number of halogens is 1. The standard InChI is InChI=1S/C21H24FN3O5S/c1-14(2)30-17-9-5-15(6-10-17)20(26)23-24-21(27)19-4-3-13-25(19)31(28,29)18-11-7-16(22)8-12-18/h5-12,14,19H,3-4,13H2,1-2H3,(H,23,26)(H,24,27). The van der Waals surface area contributed by atoms with E-state index in [0.717, 1.165) is 28.6 Å². The molecule has 166 valence electrons. The van der Waals surface area contributed by atoms with E-state index in [4.69, 9.17) is 4.74 Å². The summed E-state index contributed by atoms with van der Waals surface area (Å²) < 4.78 is 45.4. The lowest BCUT2D eigenvalue weighted by Crippen LogP contribution is -2.51. The largest absolute Gasteiger partial charge is 0.491 e. The van der Waals surface area contributed by atoms with Crippen molar-refractivity contribution in [1.29, 1.82) is 0 Å². The molecule has 1 aliphatic rings. The lowest BCUT2D eigenvalue weighted by molar-refractivity contribution is -0.125. The zero-order chi connectivity index (χ0) is 22.6. The van der Waals surface area contributed by atoms with E-state index in [1.54, 1.807) is 24.3 Å². The van der Waals surface area contributed by atoms with Gasteiger partial charge in [0.2, 0.25) is 10.0 Å². The fourth-order valence-electron chi connectivity index (χ4n) is 3.26. The first-order valence-corrected chi connectivity index (χ1v) is 11.3. The second-order valence-corrected chi connectivity index (χ2v) is 9.25. The third-order valence-electron chi connectivity index (χ3n) is 4.71. The Morgan fingerprint density at radius 3 is 2.32 bits per heavy atom. The number of hydrazine groups is 1. The van der Waals surface area contributed by atoms with E-state index in [9.17, 15) is 22.4 Å². The highest BCUT2D eigenvalue weighted by Crippen LogP contribution is 2.26. The molecule has 2 aromatic rings. The van der Waals surface area contributed by atoms with Crippen molar-refractivity contribution in [1.82, 2.24) is 15.2 Å². The average molecular weight is 450 g/mol. The highest BCUT2D eigenvalue weighted by Gasteiger charge is 2.39. The monoisotopic (exact) mass is 449 g/mol. The number of carbonyl (C=O) groups is 2. The molecule has 0 aromatic heterocycles. The van der Waals surface area contributed by atoms with Crippen LogP contribution in [-0.2, 0) is 14.8 Å². The van der Waals surface area contributed by atoms with Crippen LogP contribution in [0.4, 0.5) is 4.39 Å². The molecule has 1 fully saturated rings. The van der Waals surface area contributed by atoms with Gasteiger partial charge in [-0.3, -0.25) is 20.4 Å². The van der Waals surface area contributed by atoms with Crippen molar-refractivity contribution in [2.45, 2.75) is 43.7 Å². The number of amides is 2. The van der Waals surface area contributed by atoms with Crippen LogP contribution in [0.1, 0.15) is 37.0 Å². The van der Waals surface area contributed by atoms with Crippen molar-refractivity contribution in [2.24, 2.45) is 0 Å². The van der Waals surface area contributed by atoms with Crippen LogP contribution in [0.5, 0.6) is 5.75 Å². The van der Waals surface area contributed by atoms with Crippen molar-refractivity contribution in [2.75, 3.05) is 6.54 Å². The van der Waals surface area contributed by atoms with Gasteiger partial charge in [-0.15, -0.1) is 0 Å². The summed E-state index contributed by atoms with van der Waals surface area (Å²) in [6, 6.07) is 9.84. The first-order chi connectivity index (χ1) is 14.7. The van der Waals surface area contributed by atoms with Crippen LogP contribution in [-0.4, -0.2) is 43.2 Å². The summed E-state index contributed by atoms with van der Waals surface area (Å²) in [5, 5.41) is 0. The fraction of sp³-hybridized carbons (Fsp3) is 0.333. The molecule has 0 spiro atoms. The van der Waals surface area contributed by atoms with Gasteiger partial charge in [-0.1, -0.05) is 0 Å². The van der Waals surface area contributed by atoms with Gasteiger partial charge in [-0.25, -0.2) is 12.8 Å². The van der Waals surface area contributed by atoms with E-state index >= 15 is 0 Å². The molecule has 10 heteroatoms. The van der Waals surface area contributed by atoms with E-state index in [1.165, 1.54) is 0 Å². The smallest absolute Gasteiger partial charge is 0.269 e. The minimum absolute atomic E-state index is 0.000453. The Balaban J connectivity index is 1.63. The maximum Gasteiger partial charge on any atom is 0.269 e. The Kier molecular flexibility index (Phi) is 6.91. The molecule has 0 aliphatic carbocycles. The molecule has 2 amide bonds. The summed E-state index contributed by atoms with van der Waals surface area (Å²) >= 11 is 0. The third-order valence-corrected chi connectivity index (χ3v) is 6.64. The Morgan fingerprint density at radius 1 is 1.06 bits per heavy atom. The summed E-state index contributed by atoms with van der Waals surface area (Å²) in [6.07, 6.45) is 0.798. The number of sulfonamides is 1. The van der Waals surface area contributed by atoms with Crippen LogP contribution < -0.4 is 15.6 Å². The summed E-state index contributed by atoms with van der Waals surface area (Å²) in [5.41, 5.74) is 4.91. The Hall–Kier alpha value is -2.98. The van der Waals surface area contributed by atoms with Crippen molar-refractivity contribution in [3.8, 4) is 5.75 Å². The Bertz CT molecular complexity index is 1040. The number of ether oxygens (including phenoxy) is 1. The first-order valence-electron chi connectivity index (χ1n) is 9.83. The number of benzene rings is 2. The third kappa shape index (κ3) is 5.39. The minimum Gasteiger partial charge on any atom is -0.491 e. The second kappa shape index (κ2) is 9.44. The van der Waals surface area contributed by atoms with Gasteiger partial charge < -0.3 is 4.74 Å². The number of carbonyl (C=O) groups excluding carboxylic acids is 2. The minimum atomic E-state index is -3.98. The second-order valence-electron chi connectivity index (χ2n) is 7.36. The van der Waals surface area contributed by atoms with E-state index in [-0.39, 0.29) is 17.5 Å². The van der Waals surface area contributed by atoms with Crippen LogP contribution in [0.25, 0.3) is 0 Å². The molecular weight excluding hydrogens is 425 g/mol. The van der Waals surface area contributed by atoms with E-state index in [0.29, 0.717) is 24.2 Å². The normalized spacial score (nSPS) is 16.8. The predicted molar refractivity (Wildman–Crippen MR) is 111 cm³/mol. The molecule has 1 unspecified atom stereocenters. The van der Waals surface area contributed by atoms with Gasteiger partial charge in [0.05, 0.1) is 11.0 Å². The van der Waals surface area contributed by atoms with Crippen LogP contribution in [0.2, 0.25) is 0 Å².